The fourth-order valence-corrected chi connectivity index (χ4v) is 2.24. The highest BCUT2D eigenvalue weighted by molar-refractivity contribution is 9.10. The molecular weight excluding hydrogens is 312 g/mol. The smallest absolute Gasteiger partial charge is 0.231 e. The van der Waals surface area contributed by atoms with Gasteiger partial charge in [-0.2, -0.15) is 0 Å². The molecule has 1 aromatic heterocycles. The van der Waals surface area contributed by atoms with E-state index in [9.17, 15) is 0 Å². The minimum Gasteiger partial charge on any atom is -0.454 e. The molecule has 3 rings (SSSR count). The minimum absolute atomic E-state index is 0.264. The standard InChI is InChI=1S/C12H11BrN4O2/c1-14-11-10(13)12(16-5-15-11)17-7-2-3-8-9(4-7)19-6-18-8/h2-5H,6H2,1H3,(H2,14,15,16,17). The quantitative estimate of drug-likeness (QED) is 0.905. The van der Waals surface area contributed by atoms with E-state index in [0.717, 1.165) is 27.5 Å². The molecule has 7 heteroatoms. The van der Waals surface area contributed by atoms with Gasteiger partial charge in [0.2, 0.25) is 6.79 Å². The van der Waals surface area contributed by atoms with E-state index in [1.165, 1.54) is 6.33 Å². The minimum atomic E-state index is 0.264. The second-order valence-corrected chi connectivity index (χ2v) is 4.62. The molecule has 0 unspecified atom stereocenters. The van der Waals surface area contributed by atoms with Crippen LogP contribution in [0.4, 0.5) is 17.3 Å². The summed E-state index contributed by atoms with van der Waals surface area (Å²) >= 11 is 3.46. The molecule has 0 fully saturated rings. The van der Waals surface area contributed by atoms with E-state index in [1.54, 1.807) is 7.05 Å². The van der Waals surface area contributed by atoms with Crippen LogP contribution in [-0.2, 0) is 0 Å². The highest BCUT2D eigenvalue weighted by Crippen LogP contribution is 2.36. The van der Waals surface area contributed by atoms with Gasteiger partial charge in [-0.25, -0.2) is 9.97 Å². The van der Waals surface area contributed by atoms with Gasteiger partial charge in [-0.15, -0.1) is 0 Å². The summed E-state index contributed by atoms with van der Waals surface area (Å²) < 4.78 is 11.4. The number of halogens is 1. The lowest BCUT2D eigenvalue weighted by Crippen LogP contribution is -2.00. The summed E-state index contributed by atoms with van der Waals surface area (Å²) in [6.45, 7) is 0.264. The van der Waals surface area contributed by atoms with Crippen molar-refractivity contribution in [1.82, 2.24) is 9.97 Å². The zero-order chi connectivity index (χ0) is 13.2. The lowest BCUT2D eigenvalue weighted by Gasteiger charge is -2.10. The number of rotatable bonds is 3. The predicted octanol–water partition coefficient (Wildman–Crippen LogP) is 2.75. The molecule has 2 aromatic rings. The highest BCUT2D eigenvalue weighted by Gasteiger charge is 2.14. The largest absolute Gasteiger partial charge is 0.454 e. The third kappa shape index (κ3) is 2.28. The molecule has 1 aliphatic rings. The number of hydrogen-bond donors (Lipinski definition) is 2. The number of hydrogen-bond acceptors (Lipinski definition) is 6. The van der Waals surface area contributed by atoms with Crippen LogP contribution >= 0.6 is 15.9 Å². The van der Waals surface area contributed by atoms with Crippen LogP contribution in [0, 0.1) is 0 Å². The predicted molar refractivity (Wildman–Crippen MR) is 75.1 cm³/mol. The second-order valence-electron chi connectivity index (χ2n) is 3.83. The van der Waals surface area contributed by atoms with Crippen molar-refractivity contribution in [3.63, 3.8) is 0 Å². The third-order valence-corrected chi connectivity index (χ3v) is 3.41. The van der Waals surface area contributed by atoms with Crippen molar-refractivity contribution < 1.29 is 9.47 Å². The van der Waals surface area contributed by atoms with Gasteiger partial charge in [-0.05, 0) is 28.1 Å². The first kappa shape index (κ1) is 12.0. The highest BCUT2D eigenvalue weighted by atomic mass is 79.9. The summed E-state index contributed by atoms with van der Waals surface area (Å²) in [4.78, 5) is 8.30. The molecule has 2 heterocycles. The number of nitrogens with one attached hydrogen (secondary N) is 2. The van der Waals surface area contributed by atoms with Crippen LogP contribution in [0.1, 0.15) is 0 Å². The number of fused-ring (bicyclic) bond motifs is 1. The Balaban J connectivity index is 1.89. The summed E-state index contributed by atoms with van der Waals surface area (Å²) in [5.74, 6) is 2.88. The van der Waals surface area contributed by atoms with Crippen LogP contribution in [0.15, 0.2) is 29.0 Å². The van der Waals surface area contributed by atoms with Gasteiger partial charge in [0.05, 0.1) is 0 Å². The Morgan fingerprint density at radius 1 is 1.16 bits per heavy atom. The normalized spacial score (nSPS) is 12.3. The van der Waals surface area contributed by atoms with Gasteiger partial charge in [0.1, 0.15) is 22.4 Å². The molecule has 0 atom stereocenters. The zero-order valence-corrected chi connectivity index (χ0v) is 11.7. The van der Waals surface area contributed by atoms with Crippen molar-refractivity contribution in [3.05, 3.63) is 29.0 Å². The molecular formula is C12H11BrN4O2. The van der Waals surface area contributed by atoms with Crippen LogP contribution in [0.3, 0.4) is 0 Å². The fraction of sp³-hybridized carbons (Fsp3) is 0.167. The Kier molecular flexibility index (Phi) is 3.12. The SMILES string of the molecule is CNc1ncnc(Nc2ccc3c(c2)OCO3)c1Br. The average molecular weight is 323 g/mol. The molecule has 0 radical (unpaired) electrons. The third-order valence-electron chi connectivity index (χ3n) is 2.66. The first-order valence-corrected chi connectivity index (χ1v) is 6.42. The lowest BCUT2D eigenvalue weighted by molar-refractivity contribution is 0.174. The summed E-state index contributed by atoms with van der Waals surface area (Å²) in [7, 11) is 1.80. The van der Waals surface area contributed by atoms with Gasteiger partial charge < -0.3 is 20.1 Å². The molecule has 2 N–H and O–H groups in total. The Labute approximate surface area is 118 Å². The van der Waals surface area contributed by atoms with Crippen LogP contribution in [0.25, 0.3) is 0 Å². The molecule has 0 amide bonds. The first-order chi connectivity index (χ1) is 9.28. The number of benzene rings is 1. The van der Waals surface area contributed by atoms with Crippen LogP contribution < -0.4 is 20.1 Å². The summed E-state index contributed by atoms with van der Waals surface area (Å²) in [5.41, 5.74) is 0.866. The molecule has 0 saturated heterocycles. The summed E-state index contributed by atoms with van der Waals surface area (Å²) in [5, 5.41) is 6.18. The molecule has 6 nitrogen and oxygen atoms in total. The van der Waals surface area contributed by atoms with Gasteiger partial charge in [0.15, 0.2) is 11.5 Å². The van der Waals surface area contributed by atoms with E-state index in [4.69, 9.17) is 9.47 Å². The van der Waals surface area contributed by atoms with Crippen molar-refractivity contribution in [3.8, 4) is 11.5 Å². The summed E-state index contributed by atoms with van der Waals surface area (Å²) in [6.07, 6.45) is 1.49. The van der Waals surface area contributed by atoms with Crippen LogP contribution in [0.2, 0.25) is 0 Å². The van der Waals surface area contributed by atoms with Gasteiger partial charge >= 0.3 is 0 Å². The molecule has 1 aromatic carbocycles. The van der Waals surface area contributed by atoms with Crippen molar-refractivity contribution in [2.75, 3.05) is 24.5 Å². The van der Waals surface area contributed by atoms with Crippen LogP contribution in [-0.4, -0.2) is 23.8 Å². The Bertz CT molecular complexity index is 621. The van der Waals surface area contributed by atoms with Crippen molar-refractivity contribution >= 4 is 33.3 Å². The Hall–Kier alpha value is -2.02. The zero-order valence-electron chi connectivity index (χ0n) is 10.1. The monoisotopic (exact) mass is 322 g/mol. The topological polar surface area (TPSA) is 68.3 Å². The number of aromatic nitrogens is 2. The number of nitrogens with zero attached hydrogens (tertiary/aromatic N) is 2. The lowest BCUT2D eigenvalue weighted by atomic mass is 10.3. The average Bonchev–Trinajstić information content (AvgIpc) is 2.88. The molecule has 19 heavy (non-hydrogen) atoms. The second kappa shape index (κ2) is 4.93. The molecule has 0 aliphatic carbocycles. The van der Waals surface area contributed by atoms with E-state index in [1.807, 2.05) is 18.2 Å². The van der Waals surface area contributed by atoms with E-state index in [-0.39, 0.29) is 6.79 Å². The van der Waals surface area contributed by atoms with Gasteiger partial charge in [0.25, 0.3) is 0 Å². The van der Waals surface area contributed by atoms with Crippen molar-refractivity contribution in [2.24, 2.45) is 0 Å². The molecule has 0 spiro atoms. The molecule has 0 bridgehead atoms. The van der Waals surface area contributed by atoms with Crippen molar-refractivity contribution in [2.45, 2.75) is 0 Å². The maximum absolute atomic E-state index is 5.33. The van der Waals surface area contributed by atoms with Crippen LogP contribution in [0.5, 0.6) is 11.5 Å². The van der Waals surface area contributed by atoms with E-state index >= 15 is 0 Å². The molecule has 0 saturated carbocycles. The first-order valence-electron chi connectivity index (χ1n) is 5.63. The Morgan fingerprint density at radius 3 is 2.79 bits per heavy atom. The van der Waals surface area contributed by atoms with E-state index in [0.29, 0.717) is 5.82 Å². The van der Waals surface area contributed by atoms with Gasteiger partial charge in [-0.3, -0.25) is 0 Å². The van der Waals surface area contributed by atoms with Gasteiger partial charge in [0, 0.05) is 18.8 Å². The fourth-order valence-electron chi connectivity index (χ4n) is 1.74. The molecule has 98 valence electrons. The number of anilines is 3. The van der Waals surface area contributed by atoms with E-state index < -0.39 is 0 Å². The maximum atomic E-state index is 5.33. The van der Waals surface area contributed by atoms with E-state index in [2.05, 4.69) is 36.5 Å². The molecule has 1 aliphatic heterocycles. The Morgan fingerprint density at radius 2 is 1.95 bits per heavy atom. The van der Waals surface area contributed by atoms with Gasteiger partial charge in [-0.1, -0.05) is 0 Å². The maximum Gasteiger partial charge on any atom is 0.231 e. The summed E-state index contributed by atoms with van der Waals surface area (Å²) in [6, 6.07) is 5.63. The van der Waals surface area contributed by atoms with Crippen molar-refractivity contribution in [1.29, 1.82) is 0 Å². The number of ether oxygens (including phenoxy) is 2.